The van der Waals surface area contributed by atoms with Gasteiger partial charge in [-0.2, -0.15) is 0 Å². The third kappa shape index (κ3) is 7.17. The van der Waals surface area contributed by atoms with Crippen LogP contribution in [-0.2, 0) is 16.0 Å². The van der Waals surface area contributed by atoms with Crippen molar-refractivity contribution in [3.8, 4) is 11.5 Å². The number of alkyl carbamates (subject to hydrolysis) is 1. The fourth-order valence-electron chi connectivity index (χ4n) is 3.00. The Kier molecular flexibility index (Phi) is 7.07. The zero-order valence-corrected chi connectivity index (χ0v) is 18.0. The zero-order chi connectivity index (χ0) is 21.6. The smallest absolute Gasteiger partial charge is 0.407 e. The minimum atomic E-state index is -0.547. The minimum absolute atomic E-state index is 0.101. The van der Waals surface area contributed by atoms with Crippen molar-refractivity contribution < 1.29 is 14.3 Å². The summed E-state index contributed by atoms with van der Waals surface area (Å²) in [6, 6.07) is 5.93. The average Bonchev–Trinajstić information content (AvgIpc) is 3.41. The first-order valence-electron chi connectivity index (χ1n) is 10.5. The van der Waals surface area contributed by atoms with E-state index in [1.54, 1.807) is 20.8 Å². The molecule has 30 heavy (non-hydrogen) atoms. The number of H-pyrrole nitrogens is 1. The van der Waals surface area contributed by atoms with Crippen LogP contribution in [0.2, 0.25) is 0 Å². The molecule has 2 heterocycles. The standard InChI is InChI=1S/C22H31N5O3/c1-22(2,3)30-21(29)24-13-11-19(28)23-12-5-7-16-6-4-8-17(26-16)20-25-14-18(27-20)15-9-10-15/h4,6,8,14-15H,5,7,9-13H2,1-3H3,(H,23,28)(H,24,29)(H,25,27). The normalized spacial score (nSPS) is 13.7. The maximum absolute atomic E-state index is 11.9. The molecule has 0 aromatic carbocycles. The highest BCUT2D eigenvalue weighted by Gasteiger charge is 2.25. The first-order valence-corrected chi connectivity index (χ1v) is 10.5. The number of amides is 2. The van der Waals surface area contributed by atoms with Crippen molar-refractivity contribution in [1.82, 2.24) is 25.6 Å². The molecule has 0 spiro atoms. The number of nitrogens with zero attached hydrogens (tertiary/aromatic N) is 2. The van der Waals surface area contributed by atoms with Crippen molar-refractivity contribution in [2.75, 3.05) is 13.1 Å². The highest BCUT2D eigenvalue weighted by Crippen LogP contribution is 2.39. The monoisotopic (exact) mass is 413 g/mol. The summed E-state index contributed by atoms with van der Waals surface area (Å²) in [5.74, 6) is 1.35. The van der Waals surface area contributed by atoms with Gasteiger partial charge in [-0.25, -0.2) is 14.8 Å². The van der Waals surface area contributed by atoms with E-state index in [4.69, 9.17) is 4.74 Å². The van der Waals surface area contributed by atoms with Crippen LogP contribution >= 0.6 is 0 Å². The quantitative estimate of drug-likeness (QED) is 0.547. The molecule has 0 radical (unpaired) electrons. The number of pyridine rings is 1. The maximum atomic E-state index is 11.9. The molecule has 1 fully saturated rings. The Balaban J connectivity index is 1.34. The summed E-state index contributed by atoms with van der Waals surface area (Å²) in [6.45, 7) is 6.19. The predicted octanol–water partition coefficient (Wildman–Crippen LogP) is 3.31. The molecule has 1 aliphatic rings. The first kappa shape index (κ1) is 21.8. The number of aromatic amines is 1. The Morgan fingerprint density at radius 2 is 2.00 bits per heavy atom. The summed E-state index contributed by atoms with van der Waals surface area (Å²) in [6.07, 6.45) is 5.63. The van der Waals surface area contributed by atoms with Gasteiger partial charge < -0.3 is 20.4 Å². The van der Waals surface area contributed by atoms with Crippen molar-refractivity contribution in [2.24, 2.45) is 0 Å². The van der Waals surface area contributed by atoms with Crippen LogP contribution in [0.5, 0.6) is 0 Å². The van der Waals surface area contributed by atoms with E-state index in [0.29, 0.717) is 12.5 Å². The topological polar surface area (TPSA) is 109 Å². The number of nitrogens with one attached hydrogen (secondary N) is 3. The van der Waals surface area contributed by atoms with Crippen molar-refractivity contribution in [2.45, 2.75) is 64.4 Å². The van der Waals surface area contributed by atoms with E-state index in [-0.39, 0.29) is 18.9 Å². The van der Waals surface area contributed by atoms with Crippen LogP contribution in [0, 0.1) is 0 Å². The third-order valence-corrected chi connectivity index (χ3v) is 4.61. The van der Waals surface area contributed by atoms with Crippen molar-refractivity contribution in [3.05, 3.63) is 35.8 Å². The molecular formula is C22H31N5O3. The molecular weight excluding hydrogens is 382 g/mol. The SMILES string of the molecule is CC(C)(C)OC(=O)NCCC(=O)NCCCc1cccc(-c2ncc(C3CC3)[nH]2)n1. The molecule has 8 heteroatoms. The van der Waals surface area contributed by atoms with E-state index >= 15 is 0 Å². The molecule has 0 atom stereocenters. The van der Waals surface area contributed by atoms with E-state index < -0.39 is 11.7 Å². The molecule has 0 aliphatic heterocycles. The maximum Gasteiger partial charge on any atom is 0.407 e. The Hall–Kier alpha value is -2.90. The van der Waals surface area contributed by atoms with Gasteiger partial charge in [-0.05, 0) is 58.6 Å². The third-order valence-electron chi connectivity index (χ3n) is 4.61. The molecule has 2 aromatic heterocycles. The molecule has 0 bridgehead atoms. The number of aromatic nitrogens is 3. The van der Waals surface area contributed by atoms with Gasteiger partial charge in [-0.15, -0.1) is 0 Å². The van der Waals surface area contributed by atoms with E-state index in [9.17, 15) is 9.59 Å². The van der Waals surface area contributed by atoms with Crippen LogP contribution in [-0.4, -0.2) is 45.6 Å². The lowest BCUT2D eigenvalue weighted by molar-refractivity contribution is -0.120. The van der Waals surface area contributed by atoms with Gasteiger partial charge >= 0.3 is 6.09 Å². The number of hydrogen-bond acceptors (Lipinski definition) is 5. The number of rotatable bonds is 9. The van der Waals surface area contributed by atoms with E-state index in [1.807, 2.05) is 24.4 Å². The summed E-state index contributed by atoms with van der Waals surface area (Å²) in [7, 11) is 0. The fraction of sp³-hybridized carbons (Fsp3) is 0.545. The van der Waals surface area contributed by atoms with Gasteiger partial charge in [0.25, 0.3) is 0 Å². The summed E-state index contributed by atoms with van der Waals surface area (Å²) in [5, 5.41) is 5.45. The second-order valence-electron chi connectivity index (χ2n) is 8.61. The molecule has 2 aromatic rings. The van der Waals surface area contributed by atoms with Crippen LogP contribution in [0.15, 0.2) is 24.4 Å². The zero-order valence-electron chi connectivity index (χ0n) is 18.0. The molecule has 3 rings (SSSR count). The van der Waals surface area contributed by atoms with Gasteiger partial charge in [0.15, 0.2) is 5.82 Å². The van der Waals surface area contributed by atoms with E-state index in [0.717, 1.165) is 30.1 Å². The number of ether oxygens (including phenoxy) is 1. The van der Waals surface area contributed by atoms with Gasteiger partial charge in [0.05, 0.1) is 0 Å². The number of aryl methyl sites for hydroxylation is 1. The van der Waals surface area contributed by atoms with Crippen molar-refractivity contribution in [3.63, 3.8) is 0 Å². The number of carbonyl (C=O) groups excluding carboxylic acids is 2. The van der Waals surface area contributed by atoms with Crippen LogP contribution in [0.25, 0.3) is 11.5 Å². The molecule has 0 saturated heterocycles. The second kappa shape index (κ2) is 9.73. The molecule has 1 saturated carbocycles. The van der Waals surface area contributed by atoms with Gasteiger partial charge in [0.1, 0.15) is 11.3 Å². The summed E-state index contributed by atoms with van der Waals surface area (Å²) in [4.78, 5) is 35.9. The molecule has 8 nitrogen and oxygen atoms in total. The average molecular weight is 414 g/mol. The molecule has 162 valence electrons. The van der Waals surface area contributed by atoms with Gasteiger partial charge in [-0.3, -0.25) is 4.79 Å². The van der Waals surface area contributed by atoms with E-state index in [2.05, 4.69) is 25.6 Å². The summed E-state index contributed by atoms with van der Waals surface area (Å²) >= 11 is 0. The number of hydrogen-bond donors (Lipinski definition) is 3. The van der Waals surface area contributed by atoms with Gasteiger partial charge in [0.2, 0.25) is 5.91 Å². The highest BCUT2D eigenvalue weighted by molar-refractivity contribution is 5.77. The lowest BCUT2D eigenvalue weighted by Gasteiger charge is -2.19. The van der Waals surface area contributed by atoms with Crippen LogP contribution in [0.3, 0.4) is 0 Å². The summed E-state index contributed by atoms with van der Waals surface area (Å²) < 4.78 is 5.13. The summed E-state index contributed by atoms with van der Waals surface area (Å²) in [5.41, 5.74) is 2.46. The Bertz CT molecular complexity index is 868. The molecule has 1 aliphatic carbocycles. The molecule has 0 unspecified atom stereocenters. The predicted molar refractivity (Wildman–Crippen MR) is 114 cm³/mol. The number of imidazole rings is 1. The Labute approximate surface area is 177 Å². The highest BCUT2D eigenvalue weighted by atomic mass is 16.6. The van der Waals surface area contributed by atoms with Crippen LogP contribution < -0.4 is 10.6 Å². The first-order chi connectivity index (χ1) is 14.3. The Morgan fingerprint density at radius 3 is 2.73 bits per heavy atom. The van der Waals surface area contributed by atoms with Crippen molar-refractivity contribution in [1.29, 1.82) is 0 Å². The van der Waals surface area contributed by atoms with Crippen molar-refractivity contribution >= 4 is 12.0 Å². The van der Waals surface area contributed by atoms with Crippen LogP contribution in [0.4, 0.5) is 4.79 Å². The van der Waals surface area contributed by atoms with Gasteiger partial charge in [-0.1, -0.05) is 6.07 Å². The fourth-order valence-corrected chi connectivity index (χ4v) is 3.00. The lowest BCUT2D eigenvalue weighted by atomic mass is 10.2. The van der Waals surface area contributed by atoms with Crippen LogP contribution in [0.1, 0.15) is 63.8 Å². The number of carbonyl (C=O) groups is 2. The Morgan fingerprint density at radius 1 is 1.20 bits per heavy atom. The van der Waals surface area contributed by atoms with Gasteiger partial charge in [0, 0.05) is 43.0 Å². The molecule has 3 N–H and O–H groups in total. The lowest BCUT2D eigenvalue weighted by Crippen LogP contribution is -2.35. The second-order valence-corrected chi connectivity index (χ2v) is 8.61. The largest absolute Gasteiger partial charge is 0.444 e. The molecule has 2 amide bonds. The minimum Gasteiger partial charge on any atom is -0.444 e. The van der Waals surface area contributed by atoms with E-state index in [1.165, 1.54) is 18.5 Å².